The van der Waals surface area contributed by atoms with E-state index in [2.05, 4.69) is 29.1 Å². The number of aromatic nitrogens is 3. The van der Waals surface area contributed by atoms with Crippen molar-refractivity contribution in [3.05, 3.63) is 29.8 Å². The summed E-state index contributed by atoms with van der Waals surface area (Å²) < 4.78 is 1.95. The van der Waals surface area contributed by atoms with Crippen LogP contribution in [0.3, 0.4) is 0 Å². The monoisotopic (exact) mass is 233 g/mol. The summed E-state index contributed by atoms with van der Waals surface area (Å²) in [6.45, 7) is 4.38. The third-order valence-electron chi connectivity index (χ3n) is 3.37. The van der Waals surface area contributed by atoms with Crippen molar-refractivity contribution in [2.45, 2.75) is 33.1 Å². The van der Waals surface area contributed by atoms with Gasteiger partial charge in [0.05, 0.1) is 11.2 Å². The van der Waals surface area contributed by atoms with E-state index in [1.807, 2.05) is 11.4 Å². The molecule has 2 aromatic rings. The quantitative estimate of drug-likeness (QED) is 0.859. The molecule has 0 saturated carbocycles. The molecule has 0 bridgehead atoms. The molecule has 4 nitrogen and oxygen atoms in total. The SMILES string of the molecule is CCC(CO)CCc1ccc2c(C)ncnn12. The number of nitrogens with zero attached hydrogens (tertiary/aromatic N) is 3. The maximum Gasteiger partial charge on any atom is 0.136 e. The summed E-state index contributed by atoms with van der Waals surface area (Å²) in [6, 6.07) is 4.16. The number of aliphatic hydroxyl groups is 1. The molecule has 0 aliphatic rings. The fourth-order valence-electron chi connectivity index (χ4n) is 2.08. The molecular formula is C13H19N3O. The minimum absolute atomic E-state index is 0.272. The van der Waals surface area contributed by atoms with Crippen LogP contribution in [0.2, 0.25) is 0 Å². The average Bonchev–Trinajstić information content (AvgIpc) is 2.75. The van der Waals surface area contributed by atoms with Crippen LogP contribution in [0, 0.1) is 12.8 Å². The average molecular weight is 233 g/mol. The predicted octanol–water partition coefficient (Wildman–Crippen LogP) is 1.99. The van der Waals surface area contributed by atoms with Gasteiger partial charge in [0.15, 0.2) is 0 Å². The first-order valence-electron chi connectivity index (χ1n) is 6.15. The maximum absolute atomic E-state index is 9.18. The van der Waals surface area contributed by atoms with Crippen molar-refractivity contribution in [1.82, 2.24) is 14.6 Å². The van der Waals surface area contributed by atoms with Gasteiger partial charge in [-0.15, -0.1) is 0 Å². The zero-order valence-corrected chi connectivity index (χ0v) is 10.4. The highest BCUT2D eigenvalue weighted by atomic mass is 16.3. The third-order valence-corrected chi connectivity index (χ3v) is 3.37. The van der Waals surface area contributed by atoms with Crippen molar-refractivity contribution in [2.24, 2.45) is 5.92 Å². The molecule has 4 heteroatoms. The molecule has 0 spiro atoms. The van der Waals surface area contributed by atoms with Gasteiger partial charge >= 0.3 is 0 Å². The van der Waals surface area contributed by atoms with Gasteiger partial charge in [-0.2, -0.15) is 5.10 Å². The third kappa shape index (κ3) is 2.47. The smallest absolute Gasteiger partial charge is 0.136 e. The fourth-order valence-corrected chi connectivity index (χ4v) is 2.08. The van der Waals surface area contributed by atoms with Gasteiger partial charge in [-0.05, 0) is 37.8 Å². The molecule has 17 heavy (non-hydrogen) atoms. The maximum atomic E-state index is 9.18. The lowest BCUT2D eigenvalue weighted by molar-refractivity contribution is 0.214. The highest BCUT2D eigenvalue weighted by Gasteiger charge is 2.09. The molecule has 0 aliphatic heterocycles. The Morgan fingerprint density at radius 2 is 2.24 bits per heavy atom. The summed E-state index contributed by atoms with van der Waals surface area (Å²) in [6.07, 6.45) is 4.56. The molecule has 2 rings (SSSR count). The minimum atomic E-state index is 0.272. The summed E-state index contributed by atoms with van der Waals surface area (Å²) in [5, 5.41) is 13.5. The van der Waals surface area contributed by atoms with E-state index in [1.165, 1.54) is 5.69 Å². The Bertz CT molecular complexity index is 488. The second-order valence-electron chi connectivity index (χ2n) is 4.46. The standard InChI is InChI=1S/C13H19N3O/c1-3-11(8-17)4-5-12-6-7-13-10(2)14-9-15-16(12)13/h6-7,9,11,17H,3-5,8H2,1-2H3. The Morgan fingerprint density at radius 1 is 1.41 bits per heavy atom. The first-order valence-corrected chi connectivity index (χ1v) is 6.15. The van der Waals surface area contributed by atoms with Crippen LogP contribution >= 0.6 is 0 Å². The van der Waals surface area contributed by atoms with E-state index < -0.39 is 0 Å². The number of aryl methyl sites for hydroxylation is 2. The molecule has 0 aliphatic carbocycles. The summed E-state index contributed by atoms with van der Waals surface area (Å²) in [5.41, 5.74) is 3.26. The molecule has 1 atom stereocenters. The van der Waals surface area contributed by atoms with Gasteiger partial charge in [-0.3, -0.25) is 0 Å². The van der Waals surface area contributed by atoms with Crippen LogP contribution in [0.15, 0.2) is 18.5 Å². The zero-order valence-electron chi connectivity index (χ0n) is 10.4. The largest absolute Gasteiger partial charge is 0.396 e. The van der Waals surface area contributed by atoms with Crippen LogP contribution in [0.5, 0.6) is 0 Å². The van der Waals surface area contributed by atoms with Crippen LogP contribution in [0.25, 0.3) is 5.52 Å². The molecule has 1 unspecified atom stereocenters. The molecule has 2 aromatic heterocycles. The Morgan fingerprint density at radius 3 is 2.94 bits per heavy atom. The van der Waals surface area contributed by atoms with E-state index in [1.54, 1.807) is 6.33 Å². The zero-order chi connectivity index (χ0) is 12.3. The molecule has 0 aromatic carbocycles. The summed E-state index contributed by atoms with van der Waals surface area (Å²) in [7, 11) is 0. The Labute approximate surface area is 101 Å². The van der Waals surface area contributed by atoms with Gasteiger partial charge in [0.25, 0.3) is 0 Å². The molecule has 1 N–H and O–H groups in total. The molecule has 92 valence electrons. The lowest BCUT2D eigenvalue weighted by Gasteiger charge is -2.10. The number of fused-ring (bicyclic) bond motifs is 1. The minimum Gasteiger partial charge on any atom is -0.396 e. The Hall–Kier alpha value is -1.42. The van der Waals surface area contributed by atoms with Gasteiger partial charge in [0.2, 0.25) is 0 Å². The number of aliphatic hydroxyl groups excluding tert-OH is 1. The molecule has 0 radical (unpaired) electrons. The molecule has 0 fully saturated rings. The lowest BCUT2D eigenvalue weighted by Crippen LogP contribution is -2.07. The molecule has 2 heterocycles. The second kappa shape index (κ2) is 5.27. The van der Waals surface area contributed by atoms with E-state index in [0.29, 0.717) is 5.92 Å². The van der Waals surface area contributed by atoms with Gasteiger partial charge < -0.3 is 5.11 Å². The van der Waals surface area contributed by atoms with Crippen molar-refractivity contribution in [3.63, 3.8) is 0 Å². The fraction of sp³-hybridized carbons (Fsp3) is 0.538. The van der Waals surface area contributed by atoms with Crippen molar-refractivity contribution < 1.29 is 5.11 Å². The first kappa shape index (κ1) is 12.0. The normalized spacial score (nSPS) is 13.1. The number of hydrogen-bond donors (Lipinski definition) is 1. The van der Waals surface area contributed by atoms with Crippen LogP contribution in [0.4, 0.5) is 0 Å². The first-order chi connectivity index (χ1) is 8.26. The van der Waals surface area contributed by atoms with Crippen molar-refractivity contribution >= 4 is 5.52 Å². The second-order valence-corrected chi connectivity index (χ2v) is 4.46. The Kier molecular flexibility index (Phi) is 3.74. The van der Waals surface area contributed by atoms with E-state index in [0.717, 1.165) is 30.5 Å². The Balaban J connectivity index is 2.17. The topological polar surface area (TPSA) is 50.4 Å². The van der Waals surface area contributed by atoms with Crippen LogP contribution in [0.1, 0.15) is 31.2 Å². The van der Waals surface area contributed by atoms with Crippen LogP contribution < -0.4 is 0 Å². The van der Waals surface area contributed by atoms with Gasteiger partial charge in [0, 0.05) is 12.3 Å². The highest BCUT2D eigenvalue weighted by molar-refractivity contribution is 5.51. The van der Waals surface area contributed by atoms with E-state index >= 15 is 0 Å². The van der Waals surface area contributed by atoms with Crippen LogP contribution in [-0.4, -0.2) is 26.3 Å². The number of hydrogen-bond acceptors (Lipinski definition) is 3. The molecule has 0 amide bonds. The van der Waals surface area contributed by atoms with E-state index in [4.69, 9.17) is 0 Å². The van der Waals surface area contributed by atoms with Crippen molar-refractivity contribution in [3.8, 4) is 0 Å². The van der Waals surface area contributed by atoms with E-state index in [9.17, 15) is 5.11 Å². The van der Waals surface area contributed by atoms with Crippen molar-refractivity contribution in [1.29, 1.82) is 0 Å². The van der Waals surface area contributed by atoms with E-state index in [-0.39, 0.29) is 6.61 Å². The van der Waals surface area contributed by atoms with Gasteiger partial charge in [-0.25, -0.2) is 9.50 Å². The molecule has 0 saturated heterocycles. The lowest BCUT2D eigenvalue weighted by atomic mass is 10.0. The summed E-state index contributed by atoms with van der Waals surface area (Å²) >= 11 is 0. The highest BCUT2D eigenvalue weighted by Crippen LogP contribution is 2.16. The number of rotatable bonds is 5. The van der Waals surface area contributed by atoms with Gasteiger partial charge in [0.1, 0.15) is 6.33 Å². The van der Waals surface area contributed by atoms with Crippen molar-refractivity contribution in [2.75, 3.05) is 6.61 Å². The molecular weight excluding hydrogens is 214 g/mol. The van der Waals surface area contributed by atoms with Crippen LogP contribution in [-0.2, 0) is 6.42 Å². The summed E-state index contributed by atoms with van der Waals surface area (Å²) in [5.74, 6) is 0.392. The van der Waals surface area contributed by atoms with Gasteiger partial charge in [-0.1, -0.05) is 13.3 Å². The predicted molar refractivity (Wildman–Crippen MR) is 66.9 cm³/mol. The summed E-state index contributed by atoms with van der Waals surface area (Å²) in [4.78, 5) is 4.18.